The summed E-state index contributed by atoms with van der Waals surface area (Å²) < 4.78 is 26.0. The van der Waals surface area contributed by atoms with Gasteiger partial charge in [0.05, 0.1) is 16.8 Å². The van der Waals surface area contributed by atoms with Gasteiger partial charge in [-0.3, -0.25) is 9.69 Å². The van der Waals surface area contributed by atoms with E-state index in [0.717, 1.165) is 11.3 Å². The third kappa shape index (κ3) is 4.69. The number of fused-ring (bicyclic) bond motifs is 1. The Morgan fingerprint density at radius 2 is 2.15 bits per heavy atom. The molecule has 0 saturated heterocycles. The normalized spacial score (nSPS) is 19.3. The molecule has 0 spiro atoms. The minimum absolute atomic E-state index is 0.00441. The molecule has 1 heterocycles. The number of halogens is 2. The van der Waals surface area contributed by atoms with Crippen LogP contribution in [0.15, 0.2) is 18.2 Å². The number of carbonyl (C=O) groups excluding carboxylic acids is 1. The Bertz CT molecular complexity index is 839. The molecule has 1 aliphatic rings. The lowest BCUT2D eigenvalue weighted by atomic mass is 9.85. The van der Waals surface area contributed by atoms with Crippen LogP contribution in [-0.2, 0) is 4.79 Å². The first kappa shape index (κ1) is 19.4. The number of carbonyl (C=O) groups is 2. The van der Waals surface area contributed by atoms with Crippen LogP contribution in [-0.4, -0.2) is 52.2 Å². The van der Waals surface area contributed by atoms with Crippen molar-refractivity contribution in [3.8, 4) is 0 Å². The van der Waals surface area contributed by atoms with Crippen molar-refractivity contribution in [1.29, 1.82) is 0 Å². The molecule has 0 aliphatic heterocycles. The van der Waals surface area contributed by atoms with Crippen LogP contribution in [0.5, 0.6) is 0 Å². The summed E-state index contributed by atoms with van der Waals surface area (Å²) in [6, 6.07) is 4.59. The van der Waals surface area contributed by atoms with Gasteiger partial charge in [0.1, 0.15) is 0 Å². The zero-order valence-corrected chi connectivity index (χ0v) is 15.4. The van der Waals surface area contributed by atoms with E-state index in [0.29, 0.717) is 35.3 Å². The number of nitrogens with one attached hydrogen (secondary N) is 2. The number of urea groups is 1. The summed E-state index contributed by atoms with van der Waals surface area (Å²) in [4.78, 5) is 28.7. The monoisotopic (exact) mass is 398 g/mol. The number of aliphatic carboxylic acids is 1. The number of thiazole rings is 1. The highest BCUT2D eigenvalue weighted by atomic mass is 32.1. The Balaban J connectivity index is 1.51. The number of nitrogens with zero attached hydrogens (tertiary/aromatic N) is 2. The molecule has 1 saturated carbocycles. The molecule has 0 unspecified atom stereocenters. The van der Waals surface area contributed by atoms with E-state index >= 15 is 0 Å². The van der Waals surface area contributed by atoms with Crippen LogP contribution in [0.1, 0.15) is 31.2 Å². The van der Waals surface area contributed by atoms with E-state index in [4.69, 9.17) is 5.11 Å². The van der Waals surface area contributed by atoms with Crippen LogP contribution in [0.3, 0.4) is 0 Å². The van der Waals surface area contributed by atoms with Gasteiger partial charge in [-0.25, -0.2) is 18.6 Å². The van der Waals surface area contributed by atoms with E-state index in [-0.39, 0.29) is 29.7 Å². The highest BCUT2D eigenvalue weighted by Gasteiger charge is 2.34. The third-order valence-electron chi connectivity index (χ3n) is 4.56. The van der Waals surface area contributed by atoms with Crippen molar-refractivity contribution in [2.24, 2.45) is 0 Å². The van der Waals surface area contributed by atoms with E-state index in [2.05, 4.69) is 15.6 Å². The van der Waals surface area contributed by atoms with Crippen molar-refractivity contribution in [1.82, 2.24) is 15.2 Å². The second-order valence-corrected chi connectivity index (χ2v) is 7.47. The van der Waals surface area contributed by atoms with Crippen molar-refractivity contribution >= 4 is 39.2 Å². The smallest absolute Gasteiger partial charge is 0.319 e. The van der Waals surface area contributed by atoms with Gasteiger partial charge in [0, 0.05) is 17.8 Å². The molecule has 2 aromatic rings. The molecule has 10 heteroatoms. The lowest BCUT2D eigenvalue weighted by Crippen LogP contribution is -2.55. The number of carboxylic acid groups (broad SMARTS) is 1. The SMILES string of the molecule is CCN(CC(=O)O)C1CC(NC(=O)Nc2ccc3nc(C(F)F)sc3c2)C1. The standard InChI is InChI=1S/C17H20F2N4O3S/c1-2-23(8-14(24)25)11-5-10(6-11)21-17(26)20-9-3-4-12-13(7-9)27-16(22-12)15(18)19/h3-4,7,10-11,15H,2,5-6,8H2,1H3,(H,24,25)(H2,20,21,26). The maximum Gasteiger partial charge on any atom is 0.319 e. The van der Waals surface area contributed by atoms with Gasteiger partial charge >= 0.3 is 12.0 Å². The Morgan fingerprint density at radius 3 is 2.78 bits per heavy atom. The summed E-state index contributed by atoms with van der Waals surface area (Å²) in [5, 5.41) is 14.2. The Hall–Kier alpha value is -2.33. The molecule has 3 rings (SSSR count). The molecular formula is C17H20F2N4O3S. The number of hydrogen-bond acceptors (Lipinski definition) is 5. The van der Waals surface area contributed by atoms with Gasteiger partial charge in [0.15, 0.2) is 5.01 Å². The number of anilines is 1. The van der Waals surface area contributed by atoms with E-state index in [1.54, 1.807) is 18.2 Å². The Morgan fingerprint density at radius 1 is 1.41 bits per heavy atom. The molecule has 0 atom stereocenters. The van der Waals surface area contributed by atoms with Crippen molar-refractivity contribution < 1.29 is 23.5 Å². The number of benzene rings is 1. The molecule has 27 heavy (non-hydrogen) atoms. The number of likely N-dealkylation sites (N-methyl/N-ethyl adjacent to an activating group) is 1. The van der Waals surface area contributed by atoms with Gasteiger partial charge in [-0.05, 0) is 37.6 Å². The molecule has 1 aliphatic carbocycles. The van der Waals surface area contributed by atoms with Gasteiger partial charge in [-0.1, -0.05) is 6.92 Å². The number of aromatic nitrogens is 1. The summed E-state index contributed by atoms with van der Waals surface area (Å²) in [7, 11) is 0. The number of rotatable bonds is 7. The molecule has 146 valence electrons. The predicted octanol–water partition coefficient (Wildman–Crippen LogP) is 3.29. The number of carboxylic acids is 1. The van der Waals surface area contributed by atoms with Gasteiger partial charge < -0.3 is 15.7 Å². The predicted molar refractivity (Wildman–Crippen MR) is 98.4 cm³/mol. The molecule has 0 radical (unpaired) electrons. The van der Waals surface area contributed by atoms with Crippen LogP contribution in [0.25, 0.3) is 10.2 Å². The maximum absolute atomic E-state index is 12.7. The Kier molecular flexibility index (Phi) is 5.85. The fourth-order valence-electron chi connectivity index (χ4n) is 3.14. The fraction of sp³-hybridized carbons (Fsp3) is 0.471. The molecule has 1 aromatic heterocycles. The summed E-state index contributed by atoms with van der Waals surface area (Å²) in [6.45, 7) is 2.55. The van der Waals surface area contributed by atoms with E-state index in [1.165, 1.54) is 0 Å². The van der Waals surface area contributed by atoms with Crippen molar-refractivity contribution in [2.75, 3.05) is 18.4 Å². The van der Waals surface area contributed by atoms with Gasteiger partial charge in [0.25, 0.3) is 6.43 Å². The number of amides is 2. The fourth-order valence-corrected chi connectivity index (χ4v) is 4.01. The third-order valence-corrected chi connectivity index (χ3v) is 5.58. The highest BCUT2D eigenvalue weighted by Crippen LogP contribution is 2.31. The maximum atomic E-state index is 12.7. The van der Waals surface area contributed by atoms with Crippen molar-refractivity contribution in [2.45, 2.75) is 38.3 Å². The summed E-state index contributed by atoms with van der Waals surface area (Å²) in [5.41, 5.74) is 0.975. The Labute approximate surface area is 158 Å². The van der Waals surface area contributed by atoms with Crippen LogP contribution in [0.2, 0.25) is 0 Å². The zero-order valence-electron chi connectivity index (χ0n) is 14.6. The summed E-state index contributed by atoms with van der Waals surface area (Å²) >= 11 is 0.901. The number of alkyl halides is 2. The van der Waals surface area contributed by atoms with Crippen LogP contribution >= 0.6 is 11.3 Å². The average molecular weight is 398 g/mol. The second-order valence-electron chi connectivity index (χ2n) is 6.41. The largest absolute Gasteiger partial charge is 0.480 e. The van der Waals surface area contributed by atoms with E-state index in [1.807, 2.05) is 11.8 Å². The second kappa shape index (κ2) is 8.13. The topological polar surface area (TPSA) is 94.6 Å². The van der Waals surface area contributed by atoms with Gasteiger partial charge in [-0.2, -0.15) is 0 Å². The number of hydrogen-bond donors (Lipinski definition) is 3. The van der Waals surface area contributed by atoms with Crippen molar-refractivity contribution in [3.05, 3.63) is 23.2 Å². The van der Waals surface area contributed by atoms with E-state index < -0.39 is 12.4 Å². The quantitative estimate of drug-likeness (QED) is 0.665. The molecule has 7 nitrogen and oxygen atoms in total. The highest BCUT2D eigenvalue weighted by molar-refractivity contribution is 7.18. The summed E-state index contributed by atoms with van der Waals surface area (Å²) in [6.07, 6.45) is -1.22. The van der Waals surface area contributed by atoms with Crippen LogP contribution < -0.4 is 10.6 Å². The van der Waals surface area contributed by atoms with Gasteiger partial charge in [0.2, 0.25) is 0 Å². The van der Waals surface area contributed by atoms with Crippen LogP contribution in [0, 0.1) is 0 Å². The minimum atomic E-state index is -2.61. The first-order valence-corrected chi connectivity index (χ1v) is 9.39. The molecule has 1 aromatic carbocycles. The molecule has 1 fully saturated rings. The van der Waals surface area contributed by atoms with Crippen molar-refractivity contribution in [3.63, 3.8) is 0 Å². The first-order chi connectivity index (χ1) is 12.9. The first-order valence-electron chi connectivity index (χ1n) is 8.57. The molecule has 3 N–H and O–H groups in total. The molecule has 0 bridgehead atoms. The lowest BCUT2D eigenvalue weighted by Gasteiger charge is -2.42. The van der Waals surface area contributed by atoms with Crippen LogP contribution in [0.4, 0.5) is 19.3 Å². The lowest BCUT2D eigenvalue weighted by molar-refractivity contribution is -0.139. The zero-order chi connectivity index (χ0) is 19.6. The van der Waals surface area contributed by atoms with Gasteiger partial charge in [-0.15, -0.1) is 11.3 Å². The van der Waals surface area contributed by atoms with E-state index in [9.17, 15) is 18.4 Å². The average Bonchev–Trinajstić information content (AvgIpc) is 2.99. The summed E-state index contributed by atoms with van der Waals surface area (Å²) in [5.74, 6) is -0.862. The minimum Gasteiger partial charge on any atom is -0.480 e. The molecular weight excluding hydrogens is 378 g/mol. The molecule has 2 amide bonds.